The third-order valence-corrected chi connectivity index (χ3v) is 5.90. The summed E-state index contributed by atoms with van der Waals surface area (Å²) >= 11 is 14.1. The van der Waals surface area contributed by atoms with Gasteiger partial charge < -0.3 is 0 Å². The zero-order chi connectivity index (χ0) is 18.8. The van der Waals surface area contributed by atoms with E-state index in [4.69, 9.17) is 23.2 Å². The van der Waals surface area contributed by atoms with Crippen molar-refractivity contribution >= 4 is 45.7 Å². The van der Waals surface area contributed by atoms with Gasteiger partial charge in [-0.2, -0.15) is 0 Å². The van der Waals surface area contributed by atoms with Crippen LogP contribution in [0.15, 0.2) is 71.8 Å². The summed E-state index contributed by atoms with van der Waals surface area (Å²) in [7, 11) is 0. The molecule has 4 aromatic rings. The summed E-state index contributed by atoms with van der Waals surface area (Å²) in [5, 5.41) is 12.8. The molecule has 0 aliphatic heterocycles. The predicted octanol–water partition coefficient (Wildman–Crippen LogP) is 7.04. The van der Waals surface area contributed by atoms with E-state index in [0.717, 1.165) is 32.6 Å². The number of nitrogens with zero attached hydrogens (tertiary/aromatic N) is 2. The van der Waals surface area contributed by atoms with Gasteiger partial charge in [0, 0.05) is 32.1 Å². The van der Waals surface area contributed by atoms with Crippen molar-refractivity contribution in [3.8, 4) is 11.3 Å². The second-order valence-corrected chi connectivity index (χ2v) is 7.67. The van der Waals surface area contributed by atoms with Crippen LogP contribution in [0.2, 0.25) is 10.0 Å². The molecule has 3 aromatic carbocycles. The fourth-order valence-corrected chi connectivity index (χ4v) is 4.53. The predicted molar refractivity (Wildman–Crippen MR) is 111 cm³/mol. The maximum atomic E-state index is 13.2. The largest absolute Gasteiger partial charge is 0.207 e. The minimum Gasteiger partial charge on any atom is -0.207 e. The second-order valence-electron chi connectivity index (χ2n) is 5.90. The molecule has 0 N–H and O–H groups in total. The maximum absolute atomic E-state index is 13.2. The highest BCUT2D eigenvalue weighted by Gasteiger charge is 2.13. The van der Waals surface area contributed by atoms with E-state index in [1.54, 1.807) is 12.1 Å². The first-order valence-corrected chi connectivity index (χ1v) is 9.94. The van der Waals surface area contributed by atoms with E-state index in [1.165, 1.54) is 23.9 Å². The summed E-state index contributed by atoms with van der Waals surface area (Å²) in [6.45, 7) is 0. The molecule has 0 aliphatic rings. The van der Waals surface area contributed by atoms with Crippen LogP contribution in [0.5, 0.6) is 0 Å². The Morgan fingerprint density at radius 1 is 0.778 bits per heavy atom. The SMILES string of the molecule is Fc1ccc(-c2nnc(SCc3c(Cl)cccc3Cl)c3ccccc23)cc1. The fourth-order valence-electron chi connectivity index (χ4n) is 2.82. The molecule has 0 unspecified atom stereocenters. The van der Waals surface area contributed by atoms with Crippen molar-refractivity contribution < 1.29 is 4.39 Å². The molecule has 4 rings (SSSR count). The summed E-state index contributed by atoms with van der Waals surface area (Å²) < 4.78 is 13.2. The van der Waals surface area contributed by atoms with E-state index in [1.807, 2.05) is 42.5 Å². The molecule has 0 amide bonds. The molecule has 0 radical (unpaired) electrons. The third kappa shape index (κ3) is 3.79. The van der Waals surface area contributed by atoms with E-state index < -0.39 is 0 Å². The number of aromatic nitrogens is 2. The minimum absolute atomic E-state index is 0.278. The molecule has 0 atom stereocenters. The highest BCUT2D eigenvalue weighted by molar-refractivity contribution is 7.98. The Morgan fingerprint density at radius 2 is 1.44 bits per heavy atom. The fraction of sp³-hybridized carbons (Fsp3) is 0.0476. The lowest BCUT2D eigenvalue weighted by Gasteiger charge is -2.10. The van der Waals surface area contributed by atoms with Crippen LogP contribution in [0.1, 0.15) is 5.56 Å². The van der Waals surface area contributed by atoms with Gasteiger partial charge in [0.2, 0.25) is 0 Å². The van der Waals surface area contributed by atoms with Gasteiger partial charge in [-0.25, -0.2) is 4.39 Å². The van der Waals surface area contributed by atoms with Crippen LogP contribution in [0.3, 0.4) is 0 Å². The molecule has 134 valence electrons. The van der Waals surface area contributed by atoms with Gasteiger partial charge in [0.05, 0.1) is 0 Å². The van der Waals surface area contributed by atoms with Crippen molar-refractivity contribution in [1.29, 1.82) is 0 Å². The molecule has 6 heteroatoms. The van der Waals surface area contributed by atoms with E-state index in [9.17, 15) is 4.39 Å². The van der Waals surface area contributed by atoms with Gasteiger partial charge in [-0.05, 0) is 42.0 Å². The smallest absolute Gasteiger partial charge is 0.127 e. The van der Waals surface area contributed by atoms with Gasteiger partial charge >= 0.3 is 0 Å². The van der Waals surface area contributed by atoms with Crippen LogP contribution in [0, 0.1) is 5.82 Å². The molecule has 0 saturated heterocycles. The Morgan fingerprint density at radius 3 is 2.15 bits per heavy atom. The highest BCUT2D eigenvalue weighted by atomic mass is 35.5. The Kier molecular flexibility index (Phi) is 5.30. The molecule has 0 spiro atoms. The van der Waals surface area contributed by atoms with Crippen molar-refractivity contribution in [3.63, 3.8) is 0 Å². The van der Waals surface area contributed by atoms with E-state index in [0.29, 0.717) is 15.8 Å². The van der Waals surface area contributed by atoms with Crippen molar-refractivity contribution in [2.24, 2.45) is 0 Å². The number of hydrogen-bond acceptors (Lipinski definition) is 3. The molecular formula is C21H13Cl2FN2S. The van der Waals surface area contributed by atoms with E-state index in [2.05, 4.69) is 10.2 Å². The molecule has 0 aliphatic carbocycles. The molecule has 0 saturated carbocycles. The van der Waals surface area contributed by atoms with Gasteiger partial charge in [0.25, 0.3) is 0 Å². The maximum Gasteiger partial charge on any atom is 0.127 e. The van der Waals surface area contributed by atoms with Crippen molar-refractivity contribution in [1.82, 2.24) is 10.2 Å². The van der Waals surface area contributed by atoms with Crippen LogP contribution in [-0.2, 0) is 5.75 Å². The first kappa shape index (κ1) is 18.2. The monoisotopic (exact) mass is 414 g/mol. The van der Waals surface area contributed by atoms with Gasteiger partial charge in [-0.15, -0.1) is 10.2 Å². The molecule has 0 fully saturated rings. The standard InChI is InChI=1S/C21H13Cl2FN2S/c22-18-6-3-7-19(23)17(18)12-27-21-16-5-2-1-4-15(16)20(25-26-21)13-8-10-14(24)11-9-13/h1-11H,12H2. The van der Waals surface area contributed by atoms with E-state index in [-0.39, 0.29) is 5.82 Å². The zero-order valence-electron chi connectivity index (χ0n) is 14.0. The molecule has 0 bridgehead atoms. The number of hydrogen-bond donors (Lipinski definition) is 0. The van der Waals surface area contributed by atoms with Crippen molar-refractivity contribution in [2.75, 3.05) is 0 Å². The topological polar surface area (TPSA) is 25.8 Å². The van der Waals surface area contributed by atoms with Gasteiger partial charge in [0.1, 0.15) is 16.5 Å². The van der Waals surface area contributed by atoms with Crippen molar-refractivity contribution in [2.45, 2.75) is 10.8 Å². The van der Waals surface area contributed by atoms with E-state index >= 15 is 0 Å². The van der Waals surface area contributed by atoms with Gasteiger partial charge in [-0.1, -0.05) is 65.3 Å². The number of benzene rings is 3. The average Bonchev–Trinajstić information content (AvgIpc) is 2.68. The zero-order valence-corrected chi connectivity index (χ0v) is 16.3. The lowest BCUT2D eigenvalue weighted by Crippen LogP contribution is -1.94. The Hall–Kier alpha value is -2.14. The van der Waals surface area contributed by atoms with Crippen LogP contribution in [0.4, 0.5) is 4.39 Å². The first-order chi connectivity index (χ1) is 13.1. The Labute approximate surface area is 170 Å². The van der Waals surface area contributed by atoms with Crippen molar-refractivity contribution in [3.05, 3.63) is 88.2 Å². The molecule has 1 aromatic heterocycles. The normalized spacial score (nSPS) is 11.1. The van der Waals surface area contributed by atoms with Crippen LogP contribution in [-0.4, -0.2) is 10.2 Å². The quantitative estimate of drug-likeness (QED) is 0.335. The number of thioether (sulfide) groups is 1. The third-order valence-electron chi connectivity index (χ3n) is 4.19. The summed E-state index contributed by atoms with van der Waals surface area (Å²) in [6.07, 6.45) is 0. The second kappa shape index (κ2) is 7.85. The molecular weight excluding hydrogens is 402 g/mol. The van der Waals surface area contributed by atoms with Gasteiger partial charge in [-0.3, -0.25) is 0 Å². The Balaban J connectivity index is 1.73. The molecule has 27 heavy (non-hydrogen) atoms. The lowest BCUT2D eigenvalue weighted by atomic mass is 10.1. The summed E-state index contributed by atoms with van der Waals surface area (Å²) in [4.78, 5) is 0. The lowest BCUT2D eigenvalue weighted by molar-refractivity contribution is 0.628. The number of rotatable bonds is 4. The van der Waals surface area contributed by atoms with Crippen LogP contribution < -0.4 is 0 Å². The Bertz CT molecular complexity index is 1100. The molecule has 2 nitrogen and oxygen atoms in total. The van der Waals surface area contributed by atoms with Crippen LogP contribution >= 0.6 is 35.0 Å². The summed E-state index contributed by atoms with van der Waals surface area (Å²) in [5.41, 5.74) is 2.43. The van der Waals surface area contributed by atoms with Crippen LogP contribution in [0.25, 0.3) is 22.0 Å². The first-order valence-electron chi connectivity index (χ1n) is 8.20. The average molecular weight is 415 g/mol. The summed E-state index contributed by atoms with van der Waals surface area (Å²) in [5.74, 6) is 0.312. The van der Waals surface area contributed by atoms with Gasteiger partial charge in [0.15, 0.2) is 0 Å². The minimum atomic E-state index is -0.278. The number of fused-ring (bicyclic) bond motifs is 1. The number of halogens is 3. The highest BCUT2D eigenvalue weighted by Crippen LogP contribution is 2.35. The molecule has 1 heterocycles. The summed E-state index contributed by atoms with van der Waals surface area (Å²) in [6, 6.07) is 19.7.